The molecule has 5 heteroatoms. The van der Waals surface area contributed by atoms with Gasteiger partial charge in [0.15, 0.2) is 0 Å². The summed E-state index contributed by atoms with van der Waals surface area (Å²) < 4.78 is 0. The molecule has 0 aromatic carbocycles. The third-order valence-corrected chi connectivity index (χ3v) is 4.01. The van der Waals surface area contributed by atoms with E-state index in [-0.39, 0.29) is 11.3 Å². The molecule has 1 aliphatic carbocycles. The molecule has 0 radical (unpaired) electrons. The number of rotatable bonds is 3. The Labute approximate surface area is 118 Å². The van der Waals surface area contributed by atoms with E-state index in [2.05, 4.69) is 15.5 Å². The lowest BCUT2D eigenvalue weighted by Crippen LogP contribution is -2.32. The molecule has 1 fully saturated rings. The van der Waals surface area contributed by atoms with Crippen LogP contribution >= 0.6 is 11.6 Å². The van der Waals surface area contributed by atoms with Gasteiger partial charge in [0.1, 0.15) is 0 Å². The van der Waals surface area contributed by atoms with Crippen molar-refractivity contribution < 1.29 is 4.79 Å². The summed E-state index contributed by atoms with van der Waals surface area (Å²) in [6.07, 6.45) is 4.40. The van der Waals surface area contributed by atoms with Crippen molar-refractivity contribution in [1.29, 1.82) is 0 Å². The van der Waals surface area contributed by atoms with Crippen LogP contribution in [-0.2, 0) is 0 Å². The topological polar surface area (TPSA) is 54.9 Å². The average molecular weight is 282 g/mol. The van der Waals surface area contributed by atoms with Gasteiger partial charge in [-0.05, 0) is 45.1 Å². The van der Waals surface area contributed by atoms with Gasteiger partial charge in [0.25, 0.3) is 5.91 Å². The van der Waals surface area contributed by atoms with Crippen LogP contribution in [0.4, 0.5) is 0 Å². The fourth-order valence-corrected chi connectivity index (χ4v) is 2.93. The van der Waals surface area contributed by atoms with Crippen molar-refractivity contribution in [3.05, 3.63) is 23.0 Å². The summed E-state index contributed by atoms with van der Waals surface area (Å²) in [5.74, 6) is 0.434. The minimum Gasteiger partial charge on any atom is -0.352 e. The van der Waals surface area contributed by atoms with Crippen LogP contribution in [0.25, 0.3) is 0 Å². The molecule has 1 N–H and O–H groups in total. The highest BCUT2D eigenvalue weighted by molar-refractivity contribution is 6.20. The van der Waals surface area contributed by atoms with E-state index in [1.54, 1.807) is 13.0 Å². The van der Waals surface area contributed by atoms with Crippen molar-refractivity contribution in [2.75, 3.05) is 6.54 Å². The van der Waals surface area contributed by atoms with E-state index >= 15 is 0 Å². The van der Waals surface area contributed by atoms with E-state index in [1.165, 1.54) is 0 Å². The summed E-state index contributed by atoms with van der Waals surface area (Å²) in [4.78, 5) is 12.1. The SMILES string of the molecule is Cc1cc(C(=O)NCC2CCCC(Cl)C2)c(C)nn1. The Kier molecular flexibility index (Phi) is 4.75. The number of halogens is 1. The molecule has 2 atom stereocenters. The van der Waals surface area contributed by atoms with Crippen LogP contribution in [0.5, 0.6) is 0 Å². The second kappa shape index (κ2) is 6.33. The van der Waals surface area contributed by atoms with Crippen molar-refractivity contribution in [1.82, 2.24) is 15.5 Å². The van der Waals surface area contributed by atoms with Crippen LogP contribution in [0, 0.1) is 19.8 Å². The third kappa shape index (κ3) is 3.90. The maximum Gasteiger partial charge on any atom is 0.253 e. The fourth-order valence-electron chi connectivity index (χ4n) is 2.52. The van der Waals surface area contributed by atoms with Gasteiger partial charge in [-0.3, -0.25) is 4.79 Å². The van der Waals surface area contributed by atoms with Gasteiger partial charge in [0.2, 0.25) is 0 Å². The summed E-state index contributed by atoms with van der Waals surface area (Å²) in [6, 6.07) is 1.78. The molecule has 0 spiro atoms. The number of aryl methyl sites for hydroxylation is 2. The highest BCUT2D eigenvalue weighted by Crippen LogP contribution is 2.27. The summed E-state index contributed by atoms with van der Waals surface area (Å²) in [6.45, 7) is 4.34. The van der Waals surface area contributed by atoms with Crippen molar-refractivity contribution in [3.8, 4) is 0 Å². The van der Waals surface area contributed by atoms with Crippen molar-refractivity contribution in [3.63, 3.8) is 0 Å². The van der Waals surface area contributed by atoms with Gasteiger partial charge < -0.3 is 5.32 Å². The predicted octanol–water partition coefficient (Wildman–Crippen LogP) is 2.62. The number of alkyl halides is 1. The largest absolute Gasteiger partial charge is 0.352 e. The average Bonchev–Trinajstić information content (AvgIpc) is 2.39. The Hall–Kier alpha value is -1.16. The standard InChI is InChI=1S/C14H20ClN3O/c1-9-6-13(10(2)18-17-9)14(19)16-8-11-4-3-5-12(15)7-11/h6,11-12H,3-5,7-8H2,1-2H3,(H,16,19). The number of carbonyl (C=O) groups is 1. The maximum absolute atomic E-state index is 12.1. The Morgan fingerprint density at radius 1 is 1.42 bits per heavy atom. The molecular weight excluding hydrogens is 262 g/mol. The van der Waals surface area contributed by atoms with Gasteiger partial charge in [-0.25, -0.2) is 0 Å². The number of nitrogens with zero attached hydrogens (tertiary/aromatic N) is 2. The molecule has 1 aromatic rings. The first kappa shape index (κ1) is 14.3. The monoisotopic (exact) mass is 281 g/mol. The molecule has 1 saturated carbocycles. The fraction of sp³-hybridized carbons (Fsp3) is 0.643. The summed E-state index contributed by atoms with van der Waals surface area (Å²) in [5.41, 5.74) is 2.04. The minimum atomic E-state index is -0.0628. The first-order valence-electron chi connectivity index (χ1n) is 6.79. The molecule has 1 aromatic heterocycles. The quantitative estimate of drug-likeness (QED) is 0.867. The van der Waals surface area contributed by atoms with E-state index in [9.17, 15) is 4.79 Å². The first-order valence-corrected chi connectivity index (χ1v) is 7.23. The number of carbonyl (C=O) groups excluding carboxylic acids is 1. The van der Waals surface area contributed by atoms with Crippen LogP contribution in [0.3, 0.4) is 0 Å². The molecule has 0 aliphatic heterocycles. The minimum absolute atomic E-state index is 0.0628. The van der Waals surface area contributed by atoms with E-state index < -0.39 is 0 Å². The van der Waals surface area contributed by atoms with Crippen molar-refractivity contribution in [2.45, 2.75) is 44.9 Å². The summed E-state index contributed by atoms with van der Waals surface area (Å²) >= 11 is 6.16. The lowest BCUT2D eigenvalue weighted by molar-refractivity contribution is 0.0942. The summed E-state index contributed by atoms with van der Waals surface area (Å²) in [7, 11) is 0. The smallest absolute Gasteiger partial charge is 0.253 e. The van der Waals surface area contributed by atoms with E-state index in [1.807, 2.05) is 6.92 Å². The van der Waals surface area contributed by atoms with Crippen molar-refractivity contribution >= 4 is 17.5 Å². The molecule has 1 aliphatic rings. The van der Waals surface area contributed by atoms with Crippen LogP contribution < -0.4 is 5.32 Å². The van der Waals surface area contributed by atoms with Gasteiger partial charge in [-0.15, -0.1) is 11.6 Å². The molecule has 1 amide bonds. The summed E-state index contributed by atoms with van der Waals surface area (Å²) in [5, 5.41) is 11.2. The molecule has 19 heavy (non-hydrogen) atoms. The van der Waals surface area contributed by atoms with Gasteiger partial charge in [0.05, 0.1) is 17.0 Å². The zero-order chi connectivity index (χ0) is 13.8. The Morgan fingerprint density at radius 2 is 2.21 bits per heavy atom. The van der Waals surface area contributed by atoms with E-state index in [0.717, 1.165) is 31.4 Å². The second-order valence-electron chi connectivity index (χ2n) is 5.32. The predicted molar refractivity (Wildman–Crippen MR) is 75.4 cm³/mol. The normalized spacial score (nSPS) is 23.1. The van der Waals surface area contributed by atoms with Gasteiger partial charge in [-0.2, -0.15) is 10.2 Å². The van der Waals surface area contributed by atoms with Gasteiger partial charge in [-0.1, -0.05) is 6.42 Å². The number of aromatic nitrogens is 2. The van der Waals surface area contributed by atoms with Crippen LogP contribution in [0.1, 0.15) is 47.4 Å². The molecular formula is C14H20ClN3O. The Bertz CT molecular complexity index is 464. The van der Waals surface area contributed by atoms with E-state index in [0.29, 0.717) is 23.7 Å². The molecule has 0 bridgehead atoms. The third-order valence-electron chi connectivity index (χ3n) is 3.62. The second-order valence-corrected chi connectivity index (χ2v) is 5.94. The number of amides is 1. The molecule has 104 valence electrons. The van der Waals surface area contributed by atoms with Gasteiger partial charge in [0, 0.05) is 11.9 Å². The van der Waals surface area contributed by atoms with Crippen LogP contribution in [0.15, 0.2) is 6.07 Å². The molecule has 0 saturated heterocycles. The zero-order valence-electron chi connectivity index (χ0n) is 11.4. The lowest BCUT2D eigenvalue weighted by atomic mass is 9.89. The molecule has 4 nitrogen and oxygen atoms in total. The molecule has 2 rings (SSSR count). The van der Waals surface area contributed by atoms with Crippen LogP contribution in [0.2, 0.25) is 0 Å². The van der Waals surface area contributed by atoms with Crippen molar-refractivity contribution in [2.24, 2.45) is 5.92 Å². The molecule has 1 heterocycles. The highest BCUT2D eigenvalue weighted by atomic mass is 35.5. The van der Waals surface area contributed by atoms with E-state index in [4.69, 9.17) is 11.6 Å². The maximum atomic E-state index is 12.1. The Morgan fingerprint density at radius 3 is 2.95 bits per heavy atom. The molecule has 2 unspecified atom stereocenters. The van der Waals surface area contributed by atoms with Crippen LogP contribution in [-0.4, -0.2) is 28.0 Å². The lowest BCUT2D eigenvalue weighted by Gasteiger charge is -2.25. The number of hydrogen-bond acceptors (Lipinski definition) is 3. The first-order chi connectivity index (χ1) is 9.06. The Balaban J connectivity index is 1.92. The number of nitrogens with one attached hydrogen (secondary N) is 1. The number of hydrogen-bond donors (Lipinski definition) is 1. The highest BCUT2D eigenvalue weighted by Gasteiger charge is 2.21. The zero-order valence-corrected chi connectivity index (χ0v) is 12.2. The van der Waals surface area contributed by atoms with Gasteiger partial charge >= 0.3 is 0 Å².